The molecule has 98 valence electrons. The van der Waals surface area contributed by atoms with Gasteiger partial charge in [0.05, 0.1) is 5.71 Å². The maximum Gasteiger partial charge on any atom is 0.0700 e. The van der Waals surface area contributed by atoms with E-state index in [4.69, 9.17) is 5.21 Å². The van der Waals surface area contributed by atoms with Crippen molar-refractivity contribution in [3.63, 3.8) is 0 Å². The van der Waals surface area contributed by atoms with Gasteiger partial charge in [-0.1, -0.05) is 54.8 Å². The zero-order valence-corrected chi connectivity index (χ0v) is 11.5. The Kier molecular flexibility index (Phi) is 5.59. The maximum atomic E-state index is 9.15. The molecule has 0 amide bonds. The summed E-state index contributed by atoms with van der Waals surface area (Å²) in [6.45, 7) is 0. The minimum atomic E-state index is 0.399. The molecule has 0 radical (unpaired) electrons. The lowest BCUT2D eigenvalue weighted by atomic mass is 9.99. The van der Waals surface area contributed by atoms with Gasteiger partial charge in [-0.05, 0) is 24.8 Å². The highest BCUT2D eigenvalue weighted by atomic mass is 32.2. The molecule has 1 unspecified atom stereocenters. The first-order valence-electron chi connectivity index (χ1n) is 6.76. The van der Waals surface area contributed by atoms with Gasteiger partial charge in [-0.3, -0.25) is 0 Å². The van der Waals surface area contributed by atoms with Gasteiger partial charge in [-0.2, -0.15) is 0 Å². The van der Waals surface area contributed by atoms with E-state index >= 15 is 0 Å². The molecule has 1 aliphatic carbocycles. The maximum absolute atomic E-state index is 9.15. The van der Waals surface area contributed by atoms with Crippen molar-refractivity contribution in [1.29, 1.82) is 0 Å². The van der Waals surface area contributed by atoms with E-state index in [2.05, 4.69) is 29.4 Å². The van der Waals surface area contributed by atoms with Crippen LogP contribution < -0.4 is 0 Å². The smallest absolute Gasteiger partial charge is 0.0700 e. The summed E-state index contributed by atoms with van der Waals surface area (Å²) in [4.78, 5) is 0. The van der Waals surface area contributed by atoms with Crippen LogP contribution in [-0.4, -0.2) is 16.2 Å². The molecule has 1 aliphatic rings. The number of hydrogen-bond donors (Lipinski definition) is 1. The molecule has 0 spiro atoms. The van der Waals surface area contributed by atoms with Crippen LogP contribution in [0.1, 0.15) is 44.1 Å². The van der Waals surface area contributed by atoms with Crippen molar-refractivity contribution >= 4 is 17.5 Å². The predicted octanol–water partition coefficient (Wildman–Crippen LogP) is 4.47. The highest BCUT2D eigenvalue weighted by Gasteiger charge is 2.18. The zero-order chi connectivity index (χ0) is 12.6. The summed E-state index contributed by atoms with van der Waals surface area (Å²) in [6, 6.07) is 10.5. The standard InChI is InChI=1S/C15H21NOS/c17-16-14-10-6-1-2-7-11-15(14)18-12-13-8-4-3-5-9-13/h3-5,8-9,15,17H,1-2,6-7,10-12H2/b16-14-. The van der Waals surface area contributed by atoms with E-state index in [-0.39, 0.29) is 0 Å². The molecule has 1 aromatic rings. The van der Waals surface area contributed by atoms with Crippen LogP contribution in [0.15, 0.2) is 35.5 Å². The van der Waals surface area contributed by atoms with Crippen LogP contribution in [-0.2, 0) is 5.75 Å². The van der Waals surface area contributed by atoms with Gasteiger partial charge < -0.3 is 5.21 Å². The quantitative estimate of drug-likeness (QED) is 0.644. The molecule has 0 aromatic heterocycles. The third-order valence-electron chi connectivity index (χ3n) is 3.44. The Balaban J connectivity index is 1.92. The topological polar surface area (TPSA) is 32.6 Å². The van der Waals surface area contributed by atoms with Crippen molar-refractivity contribution in [3.05, 3.63) is 35.9 Å². The van der Waals surface area contributed by atoms with Gasteiger partial charge in [-0.15, -0.1) is 11.8 Å². The number of benzene rings is 1. The second kappa shape index (κ2) is 7.47. The number of hydrogen-bond acceptors (Lipinski definition) is 3. The van der Waals surface area contributed by atoms with E-state index in [0.717, 1.165) is 24.3 Å². The fourth-order valence-electron chi connectivity index (χ4n) is 2.38. The molecule has 2 nitrogen and oxygen atoms in total. The van der Waals surface area contributed by atoms with E-state index in [0.29, 0.717) is 5.25 Å². The Hall–Kier alpha value is -0.960. The van der Waals surface area contributed by atoms with Gasteiger partial charge in [0.15, 0.2) is 0 Å². The molecule has 0 saturated heterocycles. The largest absolute Gasteiger partial charge is 0.411 e. The van der Waals surface area contributed by atoms with Gasteiger partial charge in [0.25, 0.3) is 0 Å². The molecular formula is C15H21NOS. The van der Waals surface area contributed by atoms with Crippen molar-refractivity contribution < 1.29 is 5.21 Å². The van der Waals surface area contributed by atoms with Gasteiger partial charge in [0, 0.05) is 11.0 Å². The Morgan fingerprint density at radius 2 is 1.89 bits per heavy atom. The second-order valence-corrected chi connectivity index (χ2v) is 6.02. The summed E-state index contributed by atoms with van der Waals surface area (Å²) in [5, 5.41) is 13.1. The van der Waals surface area contributed by atoms with E-state index in [1.807, 2.05) is 17.8 Å². The van der Waals surface area contributed by atoms with Crippen LogP contribution in [0.2, 0.25) is 0 Å². The summed E-state index contributed by atoms with van der Waals surface area (Å²) in [7, 11) is 0. The third kappa shape index (κ3) is 4.05. The highest BCUT2D eigenvalue weighted by Crippen LogP contribution is 2.27. The molecular weight excluding hydrogens is 242 g/mol. The molecule has 0 bridgehead atoms. The lowest BCUT2D eigenvalue weighted by Gasteiger charge is -2.20. The third-order valence-corrected chi connectivity index (χ3v) is 4.85. The van der Waals surface area contributed by atoms with Crippen LogP contribution in [0.25, 0.3) is 0 Å². The van der Waals surface area contributed by atoms with Crippen LogP contribution in [0.5, 0.6) is 0 Å². The van der Waals surface area contributed by atoms with E-state index < -0.39 is 0 Å². The summed E-state index contributed by atoms with van der Waals surface area (Å²) in [5.41, 5.74) is 2.34. The lowest BCUT2D eigenvalue weighted by Crippen LogP contribution is -2.19. The second-order valence-electron chi connectivity index (χ2n) is 4.83. The Morgan fingerprint density at radius 3 is 2.67 bits per heavy atom. The zero-order valence-electron chi connectivity index (χ0n) is 10.7. The molecule has 0 aliphatic heterocycles. The van der Waals surface area contributed by atoms with Crippen molar-refractivity contribution in [3.8, 4) is 0 Å². The number of nitrogens with zero attached hydrogens (tertiary/aromatic N) is 1. The first-order valence-corrected chi connectivity index (χ1v) is 7.81. The average Bonchev–Trinajstić information content (AvgIpc) is 2.39. The molecule has 1 N–H and O–H groups in total. The molecule has 1 fully saturated rings. The normalized spacial score (nSPS) is 23.6. The highest BCUT2D eigenvalue weighted by molar-refractivity contribution is 7.99. The van der Waals surface area contributed by atoms with Gasteiger partial charge in [0.2, 0.25) is 0 Å². The fourth-order valence-corrected chi connectivity index (χ4v) is 3.66. The predicted molar refractivity (Wildman–Crippen MR) is 78.4 cm³/mol. The molecule has 2 rings (SSSR count). The van der Waals surface area contributed by atoms with Gasteiger partial charge >= 0.3 is 0 Å². The van der Waals surface area contributed by atoms with Crippen LogP contribution in [0.3, 0.4) is 0 Å². The molecule has 1 atom stereocenters. The van der Waals surface area contributed by atoms with Crippen molar-refractivity contribution in [2.45, 2.75) is 49.5 Å². The summed E-state index contributed by atoms with van der Waals surface area (Å²) in [5.74, 6) is 1.00. The lowest BCUT2D eigenvalue weighted by molar-refractivity contribution is 0.315. The van der Waals surface area contributed by atoms with E-state index in [1.165, 1.54) is 31.2 Å². The molecule has 18 heavy (non-hydrogen) atoms. The molecule has 3 heteroatoms. The number of thioether (sulfide) groups is 1. The van der Waals surface area contributed by atoms with Gasteiger partial charge in [0.1, 0.15) is 0 Å². The minimum Gasteiger partial charge on any atom is -0.411 e. The minimum absolute atomic E-state index is 0.399. The summed E-state index contributed by atoms with van der Waals surface area (Å²) >= 11 is 1.91. The SMILES string of the molecule is O/N=C1/CCCCCCC1SCc1ccccc1. The first-order chi connectivity index (χ1) is 8.90. The first kappa shape index (κ1) is 13.5. The fraction of sp³-hybridized carbons (Fsp3) is 0.533. The van der Waals surface area contributed by atoms with Crippen LogP contribution >= 0.6 is 11.8 Å². The van der Waals surface area contributed by atoms with Crippen molar-refractivity contribution in [1.82, 2.24) is 0 Å². The van der Waals surface area contributed by atoms with Crippen LogP contribution in [0, 0.1) is 0 Å². The average molecular weight is 263 g/mol. The van der Waals surface area contributed by atoms with Crippen molar-refractivity contribution in [2.75, 3.05) is 0 Å². The van der Waals surface area contributed by atoms with Crippen molar-refractivity contribution in [2.24, 2.45) is 5.16 Å². The Morgan fingerprint density at radius 1 is 1.11 bits per heavy atom. The molecule has 1 aromatic carbocycles. The summed E-state index contributed by atoms with van der Waals surface area (Å²) < 4.78 is 0. The Bertz CT molecular complexity index is 377. The van der Waals surface area contributed by atoms with E-state index in [9.17, 15) is 0 Å². The number of rotatable bonds is 3. The number of oxime groups is 1. The van der Waals surface area contributed by atoms with Gasteiger partial charge in [-0.25, -0.2) is 0 Å². The Labute approximate surface area is 113 Å². The monoisotopic (exact) mass is 263 g/mol. The molecule has 0 heterocycles. The summed E-state index contributed by atoms with van der Waals surface area (Å²) in [6.07, 6.45) is 7.13. The van der Waals surface area contributed by atoms with E-state index in [1.54, 1.807) is 0 Å². The van der Waals surface area contributed by atoms with Crippen LogP contribution in [0.4, 0.5) is 0 Å². The molecule has 1 saturated carbocycles.